The van der Waals surface area contributed by atoms with Gasteiger partial charge in [0.05, 0.1) is 12.2 Å². The highest BCUT2D eigenvalue weighted by atomic mass is 16.5. The van der Waals surface area contributed by atoms with Gasteiger partial charge in [0.25, 0.3) is 5.91 Å². The summed E-state index contributed by atoms with van der Waals surface area (Å²) in [7, 11) is 0. The van der Waals surface area contributed by atoms with Crippen LogP contribution in [0.1, 0.15) is 28.8 Å². The summed E-state index contributed by atoms with van der Waals surface area (Å²) in [6, 6.07) is 17.7. The van der Waals surface area contributed by atoms with Gasteiger partial charge in [-0.05, 0) is 55.0 Å². The zero-order valence-electron chi connectivity index (χ0n) is 17.5. The van der Waals surface area contributed by atoms with Crippen LogP contribution in [0, 0.1) is 5.92 Å². The SMILES string of the molecule is O=C(c1ccc(N2CCC(COc3ccccn3)CC2)nc1)N1CCc2ccccc21. The largest absolute Gasteiger partial charge is 0.477 e. The van der Waals surface area contributed by atoms with Gasteiger partial charge in [-0.3, -0.25) is 4.79 Å². The molecule has 1 fully saturated rings. The monoisotopic (exact) mass is 414 g/mol. The van der Waals surface area contributed by atoms with Gasteiger partial charge in [0.15, 0.2) is 0 Å². The molecule has 0 aliphatic carbocycles. The van der Waals surface area contributed by atoms with Crippen LogP contribution in [-0.2, 0) is 6.42 Å². The van der Waals surface area contributed by atoms with Gasteiger partial charge in [-0.2, -0.15) is 0 Å². The summed E-state index contributed by atoms with van der Waals surface area (Å²) in [5.74, 6) is 2.17. The Bertz CT molecular complexity index is 1030. The maximum Gasteiger partial charge on any atom is 0.259 e. The molecule has 1 saturated heterocycles. The number of aromatic nitrogens is 2. The van der Waals surface area contributed by atoms with Gasteiger partial charge in [0.1, 0.15) is 5.82 Å². The molecule has 4 heterocycles. The van der Waals surface area contributed by atoms with E-state index in [0.29, 0.717) is 24.0 Å². The van der Waals surface area contributed by atoms with Gasteiger partial charge < -0.3 is 14.5 Å². The summed E-state index contributed by atoms with van der Waals surface area (Å²) < 4.78 is 5.81. The lowest BCUT2D eigenvalue weighted by molar-refractivity contribution is 0.0989. The minimum Gasteiger partial charge on any atom is -0.477 e. The molecule has 0 spiro atoms. The Balaban J connectivity index is 1.16. The number of rotatable bonds is 5. The number of piperidine rings is 1. The van der Waals surface area contributed by atoms with E-state index in [0.717, 1.165) is 50.4 Å². The van der Waals surface area contributed by atoms with E-state index in [2.05, 4.69) is 20.9 Å². The summed E-state index contributed by atoms with van der Waals surface area (Å²) in [6.45, 7) is 3.31. The second kappa shape index (κ2) is 8.76. The van der Waals surface area contributed by atoms with E-state index in [4.69, 9.17) is 4.74 Å². The predicted molar refractivity (Wildman–Crippen MR) is 121 cm³/mol. The Morgan fingerprint density at radius 2 is 1.81 bits per heavy atom. The van der Waals surface area contributed by atoms with Gasteiger partial charge in [0.2, 0.25) is 5.88 Å². The first-order valence-corrected chi connectivity index (χ1v) is 10.9. The molecule has 0 N–H and O–H groups in total. The third kappa shape index (κ3) is 4.24. The molecule has 5 rings (SSSR count). The average Bonchev–Trinajstić information content (AvgIpc) is 3.28. The summed E-state index contributed by atoms with van der Waals surface area (Å²) in [5.41, 5.74) is 2.89. The highest BCUT2D eigenvalue weighted by Crippen LogP contribution is 2.29. The number of para-hydroxylation sites is 1. The van der Waals surface area contributed by atoms with E-state index in [1.165, 1.54) is 5.56 Å². The molecule has 31 heavy (non-hydrogen) atoms. The Morgan fingerprint density at radius 1 is 0.968 bits per heavy atom. The van der Waals surface area contributed by atoms with Crippen molar-refractivity contribution >= 4 is 17.4 Å². The van der Waals surface area contributed by atoms with Gasteiger partial charge in [-0.25, -0.2) is 9.97 Å². The molecule has 2 aliphatic rings. The summed E-state index contributed by atoms with van der Waals surface area (Å²) in [5, 5.41) is 0. The number of benzene rings is 1. The molecule has 0 saturated carbocycles. The first kappa shape index (κ1) is 19.5. The molecule has 1 amide bonds. The maximum absolute atomic E-state index is 13.0. The van der Waals surface area contributed by atoms with Crippen LogP contribution in [-0.4, -0.2) is 42.1 Å². The van der Waals surface area contributed by atoms with Crippen LogP contribution >= 0.6 is 0 Å². The smallest absolute Gasteiger partial charge is 0.259 e. The number of hydrogen-bond acceptors (Lipinski definition) is 5. The number of pyridine rings is 2. The highest BCUT2D eigenvalue weighted by Gasteiger charge is 2.26. The Hall–Kier alpha value is -3.41. The quantitative estimate of drug-likeness (QED) is 0.632. The summed E-state index contributed by atoms with van der Waals surface area (Å²) >= 11 is 0. The predicted octanol–water partition coefficient (Wildman–Crippen LogP) is 3.97. The number of carbonyl (C=O) groups is 1. The number of ether oxygens (including phenoxy) is 1. The zero-order valence-corrected chi connectivity index (χ0v) is 17.5. The van der Waals surface area contributed by atoms with Crippen LogP contribution < -0.4 is 14.5 Å². The fourth-order valence-electron chi connectivity index (χ4n) is 4.37. The van der Waals surface area contributed by atoms with E-state index >= 15 is 0 Å². The molecule has 1 aromatic carbocycles. The second-order valence-corrected chi connectivity index (χ2v) is 8.15. The van der Waals surface area contributed by atoms with Crippen molar-refractivity contribution in [1.29, 1.82) is 0 Å². The highest BCUT2D eigenvalue weighted by molar-refractivity contribution is 6.07. The van der Waals surface area contributed by atoms with Gasteiger partial charge in [-0.1, -0.05) is 24.3 Å². The average molecular weight is 415 g/mol. The van der Waals surface area contributed by atoms with Gasteiger partial charge >= 0.3 is 0 Å². The zero-order chi connectivity index (χ0) is 21.0. The summed E-state index contributed by atoms with van der Waals surface area (Å²) in [6.07, 6.45) is 6.49. The number of carbonyl (C=O) groups excluding carboxylic acids is 1. The third-order valence-electron chi connectivity index (χ3n) is 6.17. The Labute approximate surface area is 182 Å². The number of anilines is 2. The van der Waals surface area contributed by atoms with Crippen molar-refractivity contribution in [2.75, 3.05) is 36.0 Å². The van der Waals surface area contributed by atoms with Gasteiger partial charge in [-0.15, -0.1) is 0 Å². The Morgan fingerprint density at radius 3 is 2.58 bits per heavy atom. The molecule has 0 atom stereocenters. The van der Waals surface area contributed by atoms with Crippen molar-refractivity contribution < 1.29 is 9.53 Å². The molecule has 6 nitrogen and oxygen atoms in total. The Kier molecular flexibility index (Phi) is 5.52. The van der Waals surface area contributed by atoms with E-state index < -0.39 is 0 Å². The number of nitrogens with zero attached hydrogens (tertiary/aromatic N) is 4. The minimum atomic E-state index is 0.0226. The molecule has 0 radical (unpaired) electrons. The first-order valence-electron chi connectivity index (χ1n) is 10.9. The van der Waals surface area contributed by atoms with Crippen LogP contribution in [0.4, 0.5) is 11.5 Å². The first-order chi connectivity index (χ1) is 15.3. The van der Waals surface area contributed by atoms with Crippen molar-refractivity contribution in [3.63, 3.8) is 0 Å². The molecule has 0 bridgehead atoms. The second-order valence-electron chi connectivity index (χ2n) is 8.15. The number of hydrogen-bond donors (Lipinski definition) is 0. The molecular weight excluding hydrogens is 388 g/mol. The molecule has 6 heteroatoms. The molecule has 158 valence electrons. The van der Waals surface area contributed by atoms with E-state index in [1.54, 1.807) is 12.4 Å². The standard InChI is InChI=1S/C25H26N4O2/c30-25(29-16-12-20-5-1-2-6-22(20)29)21-8-9-23(27-17-21)28-14-10-19(11-15-28)18-31-24-7-3-4-13-26-24/h1-9,13,17,19H,10-12,14-16,18H2. The third-order valence-corrected chi connectivity index (χ3v) is 6.17. The normalized spacial score (nSPS) is 16.3. The van der Waals surface area contributed by atoms with Crippen molar-refractivity contribution in [2.45, 2.75) is 19.3 Å². The van der Waals surface area contributed by atoms with Crippen molar-refractivity contribution in [3.8, 4) is 5.88 Å². The van der Waals surface area contributed by atoms with E-state index in [9.17, 15) is 4.79 Å². The van der Waals surface area contributed by atoms with Crippen molar-refractivity contribution in [2.24, 2.45) is 5.92 Å². The van der Waals surface area contributed by atoms with Crippen molar-refractivity contribution in [3.05, 3.63) is 78.1 Å². The molecule has 2 aromatic heterocycles. The van der Waals surface area contributed by atoms with Crippen LogP contribution in [0.3, 0.4) is 0 Å². The van der Waals surface area contributed by atoms with E-state index in [-0.39, 0.29) is 5.91 Å². The van der Waals surface area contributed by atoms with Gasteiger partial charge in [0, 0.05) is 43.8 Å². The molecular formula is C25H26N4O2. The van der Waals surface area contributed by atoms with Crippen LogP contribution in [0.15, 0.2) is 67.0 Å². The molecule has 3 aromatic rings. The van der Waals surface area contributed by atoms with Crippen molar-refractivity contribution in [1.82, 2.24) is 9.97 Å². The van der Waals surface area contributed by atoms with Crippen LogP contribution in [0.2, 0.25) is 0 Å². The van der Waals surface area contributed by atoms with E-state index in [1.807, 2.05) is 53.4 Å². The lowest BCUT2D eigenvalue weighted by atomic mass is 9.98. The van der Waals surface area contributed by atoms with Crippen LogP contribution in [0.5, 0.6) is 5.88 Å². The van der Waals surface area contributed by atoms with Crippen LogP contribution in [0.25, 0.3) is 0 Å². The minimum absolute atomic E-state index is 0.0226. The fraction of sp³-hybridized carbons (Fsp3) is 0.320. The molecule has 0 unspecified atom stereocenters. The number of fused-ring (bicyclic) bond motifs is 1. The maximum atomic E-state index is 13.0. The fourth-order valence-corrected chi connectivity index (χ4v) is 4.37. The lowest BCUT2D eigenvalue weighted by Gasteiger charge is -2.32. The molecule has 2 aliphatic heterocycles. The topological polar surface area (TPSA) is 58.6 Å². The summed E-state index contributed by atoms with van der Waals surface area (Å²) in [4.78, 5) is 26.0. The number of amides is 1. The lowest BCUT2D eigenvalue weighted by Crippen LogP contribution is -2.36.